The molecule has 0 aliphatic rings. The Hall–Kier alpha value is -3.75. The van der Waals surface area contributed by atoms with Crippen LogP contribution in [0.5, 0.6) is 5.75 Å². The summed E-state index contributed by atoms with van der Waals surface area (Å²) in [6.45, 7) is 2.34. The number of carbonyl (C=O) groups excluding carboxylic acids is 1. The van der Waals surface area contributed by atoms with Gasteiger partial charge in [0.05, 0.1) is 11.0 Å². The first-order chi connectivity index (χ1) is 15.8. The Morgan fingerprint density at radius 3 is 2.55 bits per heavy atom. The summed E-state index contributed by atoms with van der Waals surface area (Å²) in [5.41, 5.74) is 2.19. The van der Waals surface area contributed by atoms with Crippen LogP contribution in [0.15, 0.2) is 78.9 Å². The van der Waals surface area contributed by atoms with Crippen molar-refractivity contribution in [2.24, 2.45) is 0 Å². The van der Waals surface area contributed by atoms with Crippen LogP contribution in [-0.2, 0) is 0 Å². The number of aliphatic hydroxyl groups is 1. The van der Waals surface area contributed by atoms with Crippen LogP contribution < -0.4 is 10.1 Å². The van der Waals surface area contributed by atoms with Crippen LogP contribution in [0.1, 0.15) is 28.9 Å². The summed E-state index contributed by atoms with van der Waals surface area (Å²) < 4.78 is 5.52. The Morgan fingerprint density at radius 1 is 1.09 bits per heavy atom. The van der Waals surface area contributed by atoms with E-state index in [0.29, 0.717) is 23.5 Å². The minimum Gasteiger partial charge on any atom is -0.491 e. The second-order valence-electron chi connectivity index (χ2n) is 7.78. The molecule has 33 heavy (non-hydrogen) atoms. The molecule has 172 valence electrons. The van der Waals surface area contributed by atoms with Crippen molar-refractivity contribution < 1.29 is 19.6 Å². The van der Waals surface area contributed by atoms with E-state index in [-0.39, 0.29) is 24.2 Å². The number of non-ortho nitro benzene ring substituents is 1. The van der Waals surface area contributed by atoms with E-state index in [1.165, 1.54) is 18.2 Å². The SMILES string of the molecule is CC(c1cccc(NC(=O)c2ccccc2)c1)N(C)CC(O)COc1cccc([N+](=O)[O-])c1. The molecule has 2 atom stereocenters. The topological polar surface area (TPSA) is 105 Å². The maximum Gasteiger partial charge on any atom is 0.273 e. The molecule has 8 heteroatoms. The highest BCUT2D eigenvalue weighted by Gasteiger charge is 2.17. The third-order valence-electron chi connectivity index (χ3n) is 5.29. The van der Waals surface area contributed by atoms with Crippen molar-refractivity contribution in [1.82, 2.24) is 4.90 Å². The van der Waals surface area contributed by atoms with Crippen LogP contribution in [-0.4, -0.2) is 47.1 Å². The highest BCUT2D eigenvalue weighted by Crippen LogP contribution is 2.23. The molecule has 2 unspecified atom stereocenters. The number of benzene rings is 3. The van der Waals surface area contributed by atoms with Crippen LogP contribution >= 0.6 is 0 Å². The van der Waals surface area contributed by atoms with Crippen molar-refractivity contribution in [1.29, 1.82) is 0 Å². The second kappa shape index (κ2) is 11.2. The van der Waals surface area contributed by atoms with Gasteiger partial charge in [-0.25, -0.2) is 0 Å². The van der Waals surface area contributed by atoms with Gasteiger partial charge in [-0.15, -0.1) is 0 Å². The van der Waals surface area contributed by atoms with E-state index >= 15 is 0 Å². The lowest BCUT2D eigenvalue weighted by Crippen LogP contribution is -2.34. The van der Waals surface area contributed by atoms with Gasteiger partial charge in [0.15, 0.2) is 0 Å². The molecule has 0 fully saturated rings. The number of anilines is 1. The zero-order valence-electron chi connectivity index (χ0n) is 18.5. The molecular formula is C25H27N3O5. The molecule has 0 radical (unpaired) electrons. The lowest BCUT2D eigenvalue weighted by molar-refractivity contribution is -0.384. The molecule has 8 nitrogen and oxygen atoms in total. The van der Waals surface area contributed by atoms with Gasteiger partial charge in [0, 0.05) is 29.9 Å². The van der Waals surface area contributed by atoms with Crippen molar-refractivity contribution in [3.05, 3.63) is 100 Å². The number of nitrogens with zero attached hydrogens (tertiary/aromatic N) is 2. The van der Waals surface area contributed by atoms with E-state index in [2.05, 4.69) is 5.32 Å². The van der Waals surface area contributed by atoms with Gasteiger partial charge in [0.1, 0.15) is 18.5 Å². The normalized spacial score (nSPS) is 12.7. The maximum absolute atomic E-state index is 12.4. The largest absolute Gasteiger partial charge is 0.491 e. The monoisotopic (exact) mass is 449 g/mol. The van der Waals surface area contributed by atoms with E-state index in [1.54, 1.807) is 18.2 Å². The van der Waals surface area contributed by atoms with Gasteiger partial charge >= 0.3 is 0 Å². The minimum atomic E-state index is -0.794. The van der Waals surface area contributed by atoms with Crippen LogP contribution in [0.3, 0.4) is 0 Å². The van der Waals surface area contributed by atoms with Crippen molar-refractivity contribution in [2.45, 2.75) is 19.1 Å². The molecule has 0 saturated carbocycles. The number of likely N-dealkylation sites (N-methyl/N-ethyl adjacent to an activating group) is 1. The zero-order chi connectivity index (χ0) is 23.8. The molecule has 2 N–H and O–H groups in total. The number of carbonyl (C=O) groups is 1. The summed E-state index contributed by atoms with van der Waals surface area (Å²) in [5, 5.41) is 24.2. The third-order valence-corrected chi connectivity index (χ3v) is 5.29. The van der Waals surface area contributed by atoms with Crippen LogP contribution in [0.2, 0.25) is 0 Å². The molecule has 0 heterocycles. The fourth-order valence-corrected chi connectivity index (χ4v) is 3.35. The van der Waals surface area contributed by atoms with Crippen LogP contribution in [0.25, 0.3) is 0 Å². The summed E-state index contributed by atoms with van der Waals surface area (Å²) in [6.07, 6.45) is -0.794. The minimum absolute atomic E-state index is 0.00536. The number of amides is 1. The average molecular weight is 450 g/mol. The van der Waals surface area contributed by atoms with Gasteiger partial charge in [-0.05, 0) is 49.9 Å². The molecule has 0 aliphatic heterocycles. The highest BCUT2D eigenvalue weighted by molar-refractivity contribution is 6.04. The predicted octanol–water partition coefficient (Wildman–Crippen LogP) is 4.28. The molecule has 3 aromatic carbocycles. The Balaban J connectivity index is 1.55. The summed E-state index contributed by atoms with van der Waals surface area (Å²) in [5.74, 6) is 0.156. The maximum atomic E-state index is 12.4. The third kappa shape index (κ3) is 6.86. The van der Waals surface area contributed by atoms with Gasteiger partial charge in [0.25, 0.3) is 11.6 Å². The highest BCUT2D eigenvalue weighted by atomic mass is 16.6. The quantitative estimate of drug-likeness (QED) is 0.354. The van der Waals surface area contributed by atoms with E-state index < -0.39 is 11.0 Å². The molecule has 0 aromatic heterocycles. The lowest BCUT2D eigenvalue weighted by Gasteiger charge is -2.27. The van der Waals surface area contributed by atoms with Crippen LogP contribution in [0, 0.1) is 10.1 Å². The molecular weight excluding hydrogens is 422 g/mol. The Morgan fingerprint density at radius 2 is 1.82 bits per heavy atom. The summed E-state index contributed by atoms with van der Waals surface area (Å²) >= 11 is 0. The number of nitro groups is 1. The Kier molecular flexibility index (Phi) is 8.12. The number of nitrogens with one attached hydrogen (secondary N) is 1. The van der Waals surface area contributed by atoms with E-state index in [4.69, 9.17) is 4.74 Å². The standard InChI is InChI=1S/C25H27N3O5/c1-18(20-10-6-11-21(14-20)26-25(30)19-8-4-3-5-9-19)27(2)16-23(29)17-33-24-13-7-12-22(15-24)28(31)32/h3-15,18,23,29H,16-17H2,1-2H3,(H,26,30). The van der Waals surface area contributed by atoms with Crippen LogP contribution in [0.4, 0.5) is 11.4 Å². The molecule has 0 aliphatic carbocycles. The van der Waals surface area contributed by atoms with Gasteiger partial charge in [-0.2, -0.15) is 0 Å². The number of rotatable bonds is 10. The molecule has 0 spiro atoms. The first kappa shape index (κ1) is 23.9. The molecule has 0 bridgehead atoms. The zero-order valence-corrected chi connectivity index (χ0v) is 18.5. The number of aliphatic hydroxyl groups excluding tert-OH is 1. The van der Waals surface area contributed by atoms with E-state index in [9.17, 15) is 20.0 Å². The molecule has 0 saturated heterocycles. The molecule has 3 aromatic rings. The van der Waals surface area contributed by atoms with E-state index in [1.807, 2.05) is 61.3 Å². The average Bonchev–Trinajstić information content (AvgIpc) is 2.83. The predicted molar refractivity (Wildman–Crippen MR) is 126 cm³/mol. The number of hydrogen-bond acceptors (Lipinski definition) is 6. The Labute approximate surface area is 192 Å². The van der Waals surface area contributed by atoms with Gasteiger partial charge < -0.3 is 15.2 Å². The molecule has 3 rings (SSSR count). The van der Waals surface area contributed by atoms with Crippen molar-refractivity contribution in [2.75, 3.05) is 25.5 Å². The van der Waals surface area contributed by atoms with E-state index in [0.717, 1.165) is 5.56 Å². The van der Waals surface area contributed by atoms with Crippen molar-refractivity contribution >= 4 is 17.3 Å². The van der Waals surface area contributed by atoms with Crippen molar-refractivity contribution in [3.63, 3.8) is 0 Å². The summed E-state index contributed by atoms with van der Waals surface area (Å²) in [4.78, 5) is 24.8. The van der Waals surface area contributed by atoms with Gasteiger partial charge in [-0.3, -0.25) is 19.8 Å². The smallest absolute Gasteiger partial charge is 0.273 e. The summed E-state index contributed by atoms with van der Waals surface area (Å²) in [7, 11) is 1.89. The second-order valence-corrected chi connectivity index (χ2v) is 7.78. The Bertz CT molecular complexity index is 1090. The lowest BCUT2D eigenvalue weighted by atomic mass is 10.1. The fourth-order valence-electron chi connectivity index (χ4n) is 3.35. The first-order valence-corrected chi connectivity index (χ1v) is 10.6. The van der Waals surface area contributed by atoms with Crippen molar-refractivity contribution in [3.8, 4) is 5.75 Å². The molecule has 1 amide bonds. The number of hydrogen-bond donors (Lipinski definition) is 2. The fraction of sp³-hybridized carbons (Fsp3) is 0.240. The number of nitro benzene ring substituents is 1. The number of ether oxygens (including phenoxy) is 1. The summed E-state index contributed by atoms with van der Waals surface area (Å²) in [6, 6.07) is 22.4. The first-order valence-electron chi connectivity index (χ1n) is 10.6. The van der Waals surface area contributed by atoms with Gasteiger partial charge in [-0.1, -0.05) is 36.4 Å². The van der Waals surface area contributed by atoms with Gasteiger partial charge in [0.2, 0.25) is 0 Å².